The number of ketones is 2. The van der Waals surface area contributed by atoms with Crippen LogP contribution in [0.15, 0.2) is 11.6 Å². The number of esters is 1. The predicted octanol–water partition coefficient (Wildman–Crippen LogP) is 2.53. The summed E-state index contributed by atoms with van der Waals surface area (Å²) in [5.41, 5.74) is -0.134. The third-order valence-corrected chi connectivity index (χ3v) is 10.5. The number of allylic oxidation sites excluding steroid dienone is 1. The van der Waals surface area contributed by atoms with Crippen LogP contribution in [0.2, 0.25) is 0 Å². The van der Waals surface area contributed by atoms with Gasteiger partial charge in [0.1, 0.15) is 6.61 Å². The van der Waals surface area contributed by atoms with E-state index in [1.54, 1.807) is 0 Å². The van der Waals surface area contributed by atoms with E-state index in [0.717, 1.165) is 37.3 Å². The maximum atomic E-state index is 13.2. The Balaban J connectivity index is 1.67. The van der Waals surface area contributed by atoms with Gasteiger partial charge in [-0.2, -0.15) is 16.8 Å². The number of carbonyl (C=O) groups is 3. The van der Waals surface area contributed by atoms with Crippen molar-refractivity contribution in [3.05, 3.63) is 11.6 Å². The van der Waals surface area contributed by atoms with Crippen LogP contribution in [0.5, 0.6) is 0 Å². The van der Waals surface area contributed by atoms with Crippen molar-refractivity contribution in [1.29, 1.82) is 0 Å². The molecule has 0 N–H and O–H groups in total. The Labute approximate surface area is 218 Å². The first-order valence-electron chi connectivity index (χ1n) is 12.6. The van der Waals surface area contributed by atoms with E-state index < -0.39 is 43.2 Å². The van der Waals surface area contributed by atoms with Crippen LogP contribution in [0.4, 0.5) is 0 Å². The molecule has 0 aromatic heterocycles. The summed E-state index contributed by atoms with van der Waals surface area (Å²) in [6.07, 6.45) is 7.03. The Morgan fingerprint density at radius 3 is 2.16 bits per heavy atom. The predicted molar refractivity (Wildman–Crippen MR) is 132 cm³/mol. The van der Waals surface area contributed by atoms with E-state index >= 15 is 0 Å². The second kappa shape index (κ2) is 9.24. The smallest absolute Gasteiger partial charge is 0.303 e. The first kappa shape index (κ1) is 28.4. The van der Waals surface area contributed by atoms with Crippen molar-refractivity contribution in [3.8, 4) is 0 Å². The van der Waals surface area contributed by atoms with Gasteiger partial charge in [0.15, 0.2) is 5.78 Å². The lowest BCUT2D eigenvalue weighted by Crippen LogP contribution is -2.58. The molecule has 0 unspecified atom stereocenters. The fourth-order valence-electron chi connectivity index (χ4n) is 8.09. The molecular weight excluding hydrogens is 524 g/mol. The molecule has 12 heteroatoms. The Bertz CT molecular complexity index is 1220. The van der Waals surface area contributed by atoms with Gasteiger partial charge < -0.3 is 4.74 Å². The summed E-state index contributed by atoms with van der Waals surface area (Å²) in [6.45, 7) is 5.13. The maximum absolute atomic E-state index is 13.2. The monoisotopic (exact) mass is 560 g/mol. The van der Waals surface area contributed by atoms with Gasteiger partial charge in [-0.05, 0) is 73.2 Å². The molecule has 4 aliphatic carbocycles. The summed E-state index contributed by atoms with van der Waals surface area (Å²) in [5.74, 6) is -3.65. The number of ether oxygens (including phenoxy) is 1. The molecule has 0 saturated heterocycles. The fourth-order valence-corrected chi connectivity index (χ4v) is 9.47. The highest BCUT2D eigenvalue weighted by molar-refractivity contribution is 7.86. The molecule has 0 radical (unpaired) electrons. The zero-order chi connectivity index (χ0) is 27.6. The van der Waals surface area contributed by atoms with Crippen molar-refractivity contribution in [3.63, 3.8) is 0 Å². The standard InChI is InChI=1S/C25H36O10S2/c1-15(26)33-13-21(27)20-9-8-18-17-7-6-16-12-22(28)25(34-36(4,29)30,35-37(5,31)32)14-24(16,3)19(17)10-11-23(18,20)2/h12,17-20H,6-11,13-14H2,1-5H3/t17-,18-,19-,20+,23-,24-/m0/s1. The largest absolute Gasteiger partial charge is 0.458 e. The fraction of sp³-hybridized carbons (Fsp3) is 0.800. The minimum Gasteiger partial charge on any atom is -0.458 e. The second-order valence-corrected chi connectivity index (χ2v) is 14.9. The highest BCUT2D eigenvalue weighted by Gasteiger charge is 2.64. The van der Waals surface area contributed by atoms with Crippen LogP contribution >= 0.6 is 0 Å². The molecule has 208 valence electrons. The van der Waals surface area contributed by atoms with Gasteiger partial charge in [-0.1, -0.05) is 19.4 Å². The summed E-state index contributed by atoms with van der Waals surface area (Å²) in [4.78, 5) is 37.4. The number of carbonyl (C=O) groups excluding carboxylic acids is 3. The Kier molecular flexibility index (Phi) is 7.08. The minimum absolute atomic E-state index is 0.0201. The number of hydrogen-bond donors (Lipinski definition) is 0. The van der Waals surface area contributed by atoms with Crippen molar-refractivity contribution in [2.24, 2.45) is 34.5 Å². The van der Waals surface area contributed by atoms with Crippen molar-refractivity contribution < 1.29 is 44.3 Å². The average molecular weight is 561 g/mol. The highest BCUT2D eigenvalue weighted by atomic mass is 32.2. The van der Waals surface area contributed by atoms with Crippen LogP contribution in [0, 0.1) is 34.5 Å². The van der Waals surface area contributed by atoms with Crippen LogP contribution in [0.25, 0.3) is 0 Å². The number of rotatable bonds is 7. The molecule has 0 aliphatic heterocycles. The number of Topliss-reactive ketones (excluding diaryl/α,β-unsaturated/α-hetero) is 1. The zero-order valence-electron chi connectivity index (χ0n) is 21.9. The SMILES string of the molecule is CC(=O)OCC(=O)[C@H]1CC[C@H]2[C@@H]3CCC4=CC(=O)C(OS(C)(=O)=O)(OS(C)(=O)=O)C[C@]4(C)[C@H]3CC[C@]12C. The third kappa shape index (κ3) is 5.18. The van der Waals surface area contributed by atoms with Gasteiger partial charge >= 0.3 is 5.97 Å². The summed E-state index contributed by atoms with van der Waals surface area (Å²) in [6, 6.07) is 0. The molecule has 10 nitrogen and oxygen atoms in total. The number of fused-ring (bicyclic) bond motifs is 5. The molecule has 3 saturated carbocycles. The molecule has 3 fully saturated rings. The van der Waals surface area contributed by atoms with E-state index in [2.05, 4.69) is 6.92 Å². The molecule has 0 aromatic carbocycles. The molecular formula is C25H36O10S2. The van der Waals surface area contributed by atoms with Crippen molar-refractivity contribution in [1.82, 2.24) is 0 Å². The summed E-state index contributed by atoms with van der Waals surface area (Å²) in [5, 5.41) is 0. The van der Waals surface area contributed by atoms with Crippen LogP contribution in [0.1, 0.15) is 65.7 Å². The molecule has 0 bridgehead atoms. The van der Waals surface area contributed by atoms with Crippen LogP contribution < -0.4 is 0 Å². The maximum Gasteiger partial charge on any atom is 0.303 e. The summed E-state index contributed by atoms with van der Waals surface area (Å²) in [7, 11) is -8.49. The van der Waals surface area contributed by atoms with Crippen LogP contribution in [0.3, 0.4) is 0 Å². The van der Waals surface area contributed by atoms with Crippen molar-refractivity contribution in [2.45, 2.75) is 71.5 Å². The van der Waals surface area contributed by atoms with E-state index in [9.17, 15) is 31.2 Å². The van der Waals surface area contributed by atoms with E-state index in [0.29, 0.717) is 19.3 Å². The number of hydrogen-bond acceptors (Lipinski definition) is 10. The Morgan fingerprint density at radius 1 is 0.973 bits per heavy atom. The van der Waals surface area contributed by atoms with Gasteiger partial charge in [0.05, 0.1) is 12.5 Å². The topological polar surface area (TPSA) is 147 Å². The molecule has 0 spiro atoms. The first-order valence-corrected chi connectivity index (χ1v) is 16.3. The molecule has 6 atom stereocenters. The molecule has 4 rings (SSSR count). The zero-order valence-corrected chi connectivity index (χ0v) is 23.6. The van der Waals surface area contributed by atoms with Crippen molar-refractivity contribution >= 4 is 37.8 Å². The van der Waals surface area contributed by atoms with Gasteiger partial charge in [0, 0.05) is 19.3 Å². The highest BCUT2D eigenvalue weighted by Crippen LogP contribution is 2.67. The summed E-state index contributed by atoms with van der Waals surface area (Å²) < 4.78 is 63.8. The van der Waals surface area contributed by atoms with E-state index in [1.165, 1.54) is 13.0 Å². The van der Waals surface area contributed by atoms with Gasteiger partial charge in [-0.25, -0.2) is 8.37 Å². The van der Waals surface area contributed by atoms with Crippen LogP contribution in [-0.2, 0) is 47.7 Å². The third-order valence-electron chi connectivity index (χ3n) is 9.40. The molecule has 0 amide bonds. The lowest BCUT2D eigenvalue weighted by atomic mass is 9.46. The lowest BCUT2D eigenvalue weighted by Gasteiger charge is -2.59. The first-order chi connectivity index (χ1) is 16.9. The van der Waals surface area contributed by atoms with Gasteiger partial charge in [0.25, 0.3) is 26.0 Å². The van der Waals surface area contributed by atoms with Crippen molar-refractivity contribution in [2.75, 3.05) is 19.1 Å². The van der Waals surface area contributed by atoms with Crippen LogP contribution in [-0.4, -0.2) is 59.3 Å². The Morgan fingerprint density at radius 2 is 1.59 bits per heavy atom. The lowest BCUT2D eigenvalue weighted by molar-refractivity contribution is -0.175. The van der Waals surface area contributed by atoms with E-state index in [1.807, 2.05) is 6.92 Å². The molecule has 4 aliphatic rings. The Hall–Kier alpha value is -1.63. The quantitative estimate of drug-likeness (QED) is 0.258. The van der Waals surface area contributed by atoms with E-state index in [4.69, 9.17) is 13.1 Å². The minimum atomic E-state index is -4.25. The van der Waals surface area contributed by atoms with Gasteiger partial charge in [-0.3, -0.25) is 14.4 Å². The summed E-state index contributed by atoms with van der Waals surface area (Å²) >= 11 is 0. The molecule has 0 heterocycles. The van der Waals surface area contributed by atoms with Gasteiger partial charge in [-0.15, -0.1) is 0 Å². The molecule has 0 aromatic rings. The second-order valence-electron chi connectivity index (χ2n) is 11.8. The van der Waals surface area contributed by atoms with E-state index in [-0.39, 0.29) is 47.9 Å². The molecule has 37 heavy (non-hydrogen) atoms. The van der Waals surface area contributed by atoms with Gasteiger partial charge in [0.2, 0.25) is 5.78 Å². The normalized spacial score (nSPS) is 37.1. The average Bonchev–Trinajstić information content (AvgIpc) is 3.08.